The van der Waals surface area contributed by atoms with E-state index >= 15 is 0 Å². The molecule has 2 aromatic rings. The van der Waals surface area contributed by atoms with Gasteiger partial charge in [0.15, 0.2) is 5.82 Å². The Hall–Kier alpha value is -1.88. The van der Waals surface area contributed by atoms with Gasteiger partial charge in [0.05, 0.1) is 12.4 Å². The second-order valence-electron chi connectivity index (χ2n) is 4.21. The third-order valence-electron chi connectivity index (χ3n) is 2.80. The van der Waals surface area contributed by atoms with Crippen molar-refractivity contribution in [1.82, 2.24) is 14.5 Å². The molecule has 0 unspecified atom stereocenters. The smallest absolute Gasteiger partial charge is 0.273 e. The Kier molecular flexibility index (Phi) is 2.76. The molecule has 18 heavy (non-hydrogen) atoms. The van der Waals surface area contributed by atoms with Crippen molar-refractivity contribution < 1.29 is 4.79 Å². The van der Waals surface area contributed by atoms with Crippen molar-refractivity contribution in [2.45, 2.75) is 18.9 Å². The van der Waals surface area contributed by atoms with E-state index in [9.17, 15) is 4.79 Å². The first kappa shape index (κ1) is 11.2. The molecule has 0 radical (unpaired) electrons. The highest BCUT2D eigenvalue weighted by Crippen LogP contribution is 2.36. The van der Waals surface area contributed by atoms with Crippen LogP contribution in [0, 0.1) is 0 Å². The number of nitrogens with zero attached hydrogens (tertiary/aromatic N) is 3. The lowest BCUT2D eigenvalue weighted by atomic mass is 10.4. The average molecular weight is 263 g/mol. The summed E-state index contributed by atoms with van der Waals surface area (Å²) in [5.41, 5.74) is 0.638. The van der Waals surface area contributed by atoms with E-state index in [1.807, 2.05) is 16.8 Å². The van der Waals surface area contributed by atoms with Gasteiger partial charge in [-0.15, -0.1) is 0 Å². The largest absolute Gasteiger partial charge is 0.340 e. The molecule has 0 saturated heterocycles. The van der Waals surface area contributed by atoms with Gasteiger partial charge in [-0.2, -0.15) is 0 Å². The summed E-state index contributed by atoms with van der Waals surface area (Å²) < 4.78 is 1.99. The van der Waals surface area contributed by atoms with Crippen molar-refractivity contribution in [3.05, 3.63) is 41.6 Å². The maximum absolute atomic E-state index is 12.1. The number of amides is 1. The minimum absolute atomic E-state index is 0.191. The molecule has 1 fully saturated rings. The molecule has 3 rings (SSSR count). The number of aromatic nitrogens is 3. The Bertz CT molecular complexity index is 591. The molecule has 0 aromatic carbocycles. The van der Waals surface area contributed by atoms with Crippen molar-refractivity contribution in [2.24, 2.45) is 0 Å². The Morgan fingerprint density at radius 2 is 2.28 bits per heavy atom. The third-order valence-corrected chi connectivity index (χ3v) is 2.98. The molecule has 1 aliphatic carbocycles. The summed E-state index contributed by atoms with van der Waals surface area (Å²) in [6.07, 6.45) is 7.08. The van der Waals surface area contributed by atoms with E-state index in [1.54, 1.807) is 6.07 Å². The minimum Gasteiger partial charge on any atom is -0.340 e. The van der Waals surface area contributed by atoms with Gasteiger partial charge >= 0.3 is 0 Å². The lowest BCUT2D eigenvalue weighted by Gasteiger charge is -2.07. The molecular weight excluding hydrogens is 252 g/mol. The first-order valence-electron chi connectivity index (χ1n) is 5.70. The zero-order valence-corrected chi connectivity index (χ0v) is 10.3. The second-order valence-corrected chi connectivity index (χ2v) is 4.60. The molecule has 0 bridgehead atoms. The Labute approximate surface area is 109 Å². The van der Waals surface area contributed by atoms with Gasteiger partial charge in [0.2, 0.25) is 0 Å². The van der Waals surface area contributed by atoms with Gasteiger partial charge in [0.25, 0.3) is 5.91 Å². The van der Waals surface area contributed by atoms with Crippen LogP contribution in [0.5, 0.6) is 0 Å². The van der Waals surface area contributed by atoms with Gasteiger partial charge in [-0.05, 0) is 25.0 Å². The van der Waals surface area contributed by atoms with Crippen molar-refractivity contribution >= 4 is 23.3 Å². The Morgan fingerprint density at radius 1 is 1.44 bits per heavy atom. The van der Waals surface area contributed by atoms with Crippen LogP contribution in [0.25, 0.3) is 0 Å². The summed E-state index contributed by atoms with van der Waals surface area (Å²) in [7, 11) is 0. The number of nitrogens with one attached hydrogen (secondary N) is 1. The van der Waals surface area contributed by atoms with Crippen LogP contribution >= 0.6 is 11.6 Å². The topological polar surface area (TPSA) is 59.8 Å². The molecule has 0 atom stereocenters. The van der Waals surface area contributed by atoms with Crippen molar-refractivity contribution in [3.63, 3.8) is 0 Å². The van der Waals surface area contributed by atoms with E-state index in [2.05, 4.69) is 15.3 Å². The molecule has 1 saturated carbocycles. The highest BCUT2D eigenvalue weighted by Gasteiger charge is 2.26. The van der Waals surface area contributed by atoms with Crippen LogP contribution < -0.4 is 5.32 Å². The Morgan fingerprint density at radius 3 is 3.00 bits per heavy atom. The summed E-state index contributed by atoms with van der Waals surface area (Å²) in [6.45, 7) is 0. The van der Waals surface area contributed by atoms with Crippen LogP contribution in [0.3, 0.4) is 0 Å². The van der Waals surface area contributed by atoms with E-state index in [4.69, 9.17) is 11.6 Å². The van der Waals surface area contributed by atoms with Gasteiger partial charge in [-0.1, -0.05) is 11.6 Å². The quantitative estimate of drug-likeness (QED) is 0.925. The van der Waals surface area contributed by atoms with Crippen LogP contribution in [0.1, 0.15) is 29.4 Å². The molecule has 0 spiro atoms. The average Bonchev–Trinajstić information content (AvgIpc) is 3.06. The summed E-state index contributed by atoms with van der Waals surface area (Å²) in [6, 6.07) is 4.13. The lowest BCUT2D eigenvalue weighted by molar-refractivity contribution is 0.101. The van der Waals surface area contributed by atoms with E-state index in [0.717, 1.165) is 12.8 Å². The Balaban J connectivity index is 1.80. The molecule has 1 aliphatic rings. The van der Waals surface area contributed by atoms with Crippen LogP contribution in [0.4, 0.5) is 5.82 Å². The first-order valence-corrected chi connectivity index (χ1v) is 6.07. The predicted molar refractivity (Wildman–Crippen MR) is 67.7 cm³/mol. The van der Waals surface area contributed by atoms with E-state index in [-0.39, 0.29) is 11.1 Å². The van der Waals surface area contributed by atoms with Crippen molar-refractivity contribution in [1.29, 1.82) is 0 Å². The fourth-order valence-electron chi connectivity index (χ4n) is 1.84. The van der Waals surface area contributed by atoms with Gasteiger partial charge < -0.3 is 9.88 Å². The normalized spacial score (nSPS) is 14.5. The summed E-state index contributed by atoms with van der Waals surface area (Å²) >= 11 is 5.71. The number of anilines is 1. The standard InChI is InChI=1S/C12H11ClN4O/c13-10-6-14-7-11(15-10)16-12(18)9-2-1-5-17(9)8-3-4-8/h1-2,5-8H,3-4H2,(H,15,16,18). The monoisotopic (exact) mass is 262 g/mol. The number of hydrogen-bond acceptors (Lipinski definition) is 3. The molecule has 6 heteroatoms. The molecular formula is C12H11ClN4O. The van der Waals surface area contributed by atoms with Crippen LogP contribution in [0.2, 0.25) is 5.15 Å². The summed E-state index contributed by atoms with van der Waals surface area (Å²) in [5, 5.41) is 2.95. The zero-order chi connectivity index (χ0) is 12.5. The molecule has 1 N–H and O–H groups in total. The highest BCUT2D eigenvalue weighted by atomic mass is 35.5. The van der Waals surface area contributed by atoms with Crippen LogP contribution in [-0.4, -0.2) is 20.4 Å². The molecule has 1 amide bonds. The number of carbonyl (C=O) groups excluding carboxylic acids is 1. The highest BCUT2D eigenvalue weighted by molar-refractivity contribution is 6.29. The lowest BCUT2D eigenvalue weighted by Crippen LogP contribution is -2.17. The van der Waals surface area contributed by atoms with Gasteiger partial charge in [-0.3, -0.25) is 9.78 Å². The van der Waals surface area contributed by atoms with Crippen LogP contribution in [-0.2, 0) is 0 Å². The van der Waals surface area contributed by atoms with Crippen LogP contribution in [0.15, 0.2) is 30.7 Å². The molecule has 92 valence electrons. The predicted octanol–water partition coefficient (Wildman–Crippen LogP) is 2.52. The maximum Gasteiger partial charge on any atom is 0.273 e. The zero-order valence-electron chi connectivity index (χ0n) is 9.51. The van der Waals surface area contributed by atoms with E-state index in [1.165, 1.54) is 12.4 Å². The molecule has 2 heterocycles. The van der Waals surface area contributed by atoms with Gasteiger partial charge in [0.1, 0.15) is 10.8 Å². The maximum atomic E-state index is 12.1. The molecule has 2 aromatic heterocycles. The van der Waals surface area contributed by atoms with Gasteiger partial charge in [-0.25, -0.2) is 4.98 Å². The third kappa shape index (κ3) is 2.22. The fraction of sp³-hybridized carbons (Fsp3) is 0.250. The molecule has 5 nitrogen and oxygen atoms in total. The molecule has 0 aliphatic heterocycles. The number of halogens is 1. The first-order chi connectivity index (χ1) is 8.74. The second kappa shape index (κ2) is 4.42. The number of hydrogen-bond donors (Lipinski definition) is 1. The van der Waals surface area contributed by atoms with Crippen molar-refractivity contribution in [2.75, 3.05) is 5.32 Å². The van der Waals surface area contributed by atoms with Gasteiger partial charge in [0, 0.05) is 12.2 Å². The minimum atomic E-state index is -0.191. The van der Waals surface area contributed by atoms with E-state index in [0.29, 0.717) is 17.6 Å². The van der Waals surface area contributed by atoms with Crippen molar-refractivity contribution in [3.8, 4) is 0 Å². The number of rotatable bonds is 3. The number of carbonyl (C=O) groups is 1. The SMILES string of the molecule is O=C(Nc1cncc(Cl)n1)c1cccn1C1CC1. The summed E-state index contributed by atoms with van der Waals surface area (Å²) in [4.78, 5) is 19.9. The van der Waals surface area contributed by atoms with E-state index < -0.39 is 0 Å². The fourth-order valence-corrected chi connectivity index (χ4v) is 1.99. The summed E-state index contributed by atoms with van der Waals surface area (Å²) in [5.74, 6) is 0.166.